The first-order valence-electron chi connectivity index (χ1n) is 9.46. The third-order valence-electron chi connectivity index (χ3n) is 4.72. The van der Waals surface area contributed by atoms with Gasteiger partial charge in [0.1, 0.15) is 0 Å². The molecule has 158 valence electrons. The molecular weight excluding hydrogens is 407 g/mol. The summed E-state index contributed by atoms with van der Waals surface area (Å²) < 4.78 is 38.1. The van der Waals surface area contributed by atoms with Crippen molar-refractivity contribution < 1.29 is 27.6 Å². The van der Waals surface area contributed by atoms with Crippen molar-refractivity contribution in [2.45, 2.75) is 19.5 Å². The molecule has 0 aromatic heterocycles. The van der Waals surface area contributed by atoms with Crippen LogP contribution in [0.5, 0.6) is 0 Å². The monoisotopic (exact) mass is 425 g/mol. The Morgan fingerprint density at radius 1 is 0.774 bits per heavy atom. The Labute approximate surface area is 176 Å². The van der Waals surface area contributed by atoms with Crippen LogP contribution in [0.25, 0.3) is 0 Å². The van der Waals surface area contributed by atoms with Gasteiger partial charge in [-0.2, -0.15) is 13.2 Å². The molecule has 3 aromatic carbocycles. The molecule has 0 unspecified atom stereocenters. The second-order valence-corrected chi connectivity index (χ2v) is 6.78. The number of carbonyl (C=O) groups is 3. The number of anilines is 1. The molecule has 4 nitrogen and oxygen atoms in total. The van der Waals surface area contributed by atoms with Crippen molar-refractivity contribution in [2.75, 3.05) is 5.32 Å². The molecule has 0 aliphatic heterocycles. The first-order valence-corrected chi connectivity index (χ1v) is 9.46. The fraction of sp³-hybridized carbons (Fsp3) is 0.125. The van der Waals surface area contributed by atoms with E-state index in [2.05, 4.69) is 5.32 Å². The number of Topliss-reactive ketones (excluding diaryl/α,β-unsaturated/α-hetero) is 2. The maximum absolute atomic E-state index is 12.8. The summed E-state index contributed by atoms with van der Waals surface area (Å²) in [7, 11) is 0. The molecule has 0 aliphatic rings. The number of rotatable bonds is 6. The van der Waals surface area contributed by atoms with Gasteiger partial charge in [-0.1, -0.05) is 43.3 Å². The van der Waals surface area contributed by atoms with Gasteiger partial charge in [0.2, 0.25) is 11.6 Å². The van der Waals surface area contributed by atoms with Gasteiger partial charge in [0, 0.05) is 16.7 Å². The molecule has 0 atom stereocenters. The summed E-state index contributed by atoms with van der Waals surface area (Å²) in [6.45, 7) is 1.97. The number of para-hydroxylation sites is 1. The van der Waals surface area contributed by atoms with Gasteiger partial charge >= 0.3 is 6.18 Å². The maximum Gasteiger partial charge on any atom is 0.416 e. The zero-order valence-corrected chi connectivity index (χ0v) is 16.5. The fourth-order valence-electron chi connectivity index (χ4n) is 2.94. The highest BCUT2D eigenvalue weighted by atomic mass is 19.4. The Morgan fingerprint density at radius 2 is 1.35 bits per heavy atom. The normalized spacial score (nSPS) is 11.1. The maximum atomic E-state index is 12.8. The minimum atomic E-state index is -4.51. The molecule has 1 N–H and O–H groups in total. The van der Waals surface area contributed by atoms with Crippen LogP contribution in [0.2, 0.25) is 0 Å². The molecule has 3 aromatic rings. The first kappa shape index (κ1) is 22.0. The topological polar surface area (TPSA) is 63.2 Å². The largest absolute Gasteiger partial charge is 0.416 e. The highest BCUT2D eigenvalue weighted by Gasteiger charge is 2.30. The first-order chi connectivity index (χ1) is 14.7. The summed E-state index contributed by atoms with van der Waals surface area (Å²) in [5, 5.41) is 2.50. The average molecular weight is 425 g/mol. The van der Waals surface area contributed by atoms with Gasteiger partial charge in [-0.05, 0) is 48.4 Å². The van der Waals surface area contributed by atoms with Crippen molar-refractivity contribution in [2.24, 2.45) is 0 Å². The Kier molecular flexibility index (Phi) is 6.34. The molecule has 0 aliphatic carbocycles. The Morgan fingerprint density at radius 3 is 1.94 bits per heavy atom. The average Bonchev–Trinajstić information content (AvgIpc) is 2.78. The fourth-order valence-corrected chi connectivity index (χ4v) is 2.94. The number of hydrogen-bond acceptors (Lipinski definition) is 3. The van der Waals surface area contributed by atoms with Gasteiger partial charge in [0.05, 0.1) is 11.3 Å². The number of amides is 1. The van der Waals surface area contributed by atoms with E-state index < -0.39 is 29.2 Å². The van der Waals surface area contributed by atoms with Crippen LogP contribution in [-0.2, 0) is 12.6 Å². The number of nitrogens with one attached hydrogen (secondary N) is 1. The number of halogens is 3. The van der Waals surface area contributed by atoms with Crippen molar-refractivity contribution in [3.8, 4) is 0 Å². The summed E-state index contributed by atoms with van der Waals surface area (Å²) in [6, 6.07) is 16.3. The lowest BCUT2D eigenvalue weighted by Gasteiger charge is -2.11. The molecule has 0 spiro atoms. The quantitative estimate of drug-likeness (QED) is 0.414. The van der Waals surface area contributed by atoms with Gasteiger partial charge < -0.3 is 5.32 Å². The predicted octanol–water partition coefficient (Wildman–Crippen LogP) is 5.59. The summed E-state index contributed by atoms with van der Waals surface area (Å²) >= 11 is 0. The van der Waals surface area contributed by atoms with Gasteiger partial charge in [0.15, 0.2) is 0 Å². The Bertz CT molecular complexity index is 1120. The number of ketones is 2. The molecule has 0 saturated carbocycles. The van der Waals surface area contributed by atoms with E-state index in [1.54, 1.807) is 36.4 Å². The minimum Gasteiger partial charge on any atom is -0.321 e. The SMILES string of the molecule is CCc1ccc(C(=O)C(=O)c2ccccc2NC(=O)c2ccc(C(F)(F)F)cc2)cc1. The van der Waals surface area contributed by atoms with Crippen LogP contribution >= 0.6 is 0 Å². The van der Waals surface area contributed by atoms with Crippen molar-refractivity contribution in [1.82, 2.24) is 0 Å². The van der Waals surface area contributed by atoms with Crippen molar-refractivity contribution in [1.29, 1.82) is 0 Å². The molecule has 1 amide bonds. The standard InChI is InChI=1S/C24H18F3NO3/c1-2-15-7-9-16(10-8-15)21(29)22(30)19-5-3-4-6-20(19)28-23(31)17-11-13-18(14-12-17)24(25,26)27/h3-14H,2H2,1H3,(H,28,31). The molecule has 0 saturated heterocycles. The minimum absolute atomic E-state index is 0.00710. The summed E-state index contributed by atoms with van der Waals surface area (Å²) in [5.41, 5.74) is 0.443. The van der Waals surface area contributed by atoms with Crippen molar-refractivity contribution >= 4 is 23.2 Å². The highest BCUT2D eigenvalue weighted by Crippen LogP contribution is 2.29. The van der Waals surface area contributed by atoms with E-state index in [0.717, 1.165) is 36.2 Å². The lowest BCUT2D eigenvalue weighted by molar-refractivity contribution is -0.137. The Balaban J connectivity index is 1.81. The van der Waals surface area contributed by atoms with Crippen LogP contribution in [0.4, 0.5) is 18.9 Å². The number of benzene rings is 3. The van der Waals surface area contributed by atoms with E-state index in [1.807, 2.05) is 6.92 Å². The van der Waals surface area contributed by atoms with Crippen LogP contribution in [0, 0.1) is 0 Å². The summed E-state index contributed by atoms with van der Waals surface area (Å²) in [6.07, 6.45) is -3.72. The zero-order chi connectivity index (χ0) is 22.6. The smallest absolute Gasteiger partial charge is 0.321 e. The molecule has 3 rings (SSSR count). The predicted molar refractivity (Wildman–Crippen MR) is 110 cm³/mol. The molecular formula is C24H18F3NO3. The van der Waals surface area contributed by atoms with Crippen LogP contribution in [0.15, 0.2) is 72.8 Å². The van der Waals surface area contributed by atoms with Crippen LogP contribution < -0.4 is 5.32 Å². The van der Waals surface area contributed by atoms with E-state index in [0.29, 0.717) is 0 Å². The van der Waals surface area contributed by atoms with Crippen molar-refractivity contribution in [3.63, 3.8) is 0 Å². The van der Waals surface area contributed by atoms with Crippen LogP contribution in [-0.4, -0.2) is 17.5 Å². The van der Waals surface area contributed by atoms with E-state index in [4.69, 9.17) is 0 Å². The van der Waals surface area contributed by atoms with E-state index >= 15 is 0 Å². The van der Waals surface area contributed by atoms with Gasteiger partial charge in [-0.25, -0.2) is 0 Å². The second kappa shape index (κ2) is 8.95. The zero-order valence-electron chi connectivity index (χ0n) is 16.5. The molecule has 31 heavy (non-hydrogen) atoms. The van der Waals surface area contributed by atoms with Crippen LogP contribution in [0.1, 0.15) is 49.1 Å². The number of alkyl halides is 3. The van der Waals surface area contributed by atoms with Gasteiger partial charge in [-0.15, -0.1) is 0 Å². The second-order valence-electron chi connectivity index (χ2n) is 6.78. The summed E-state index contributed by atoms with van der Waals surface area (Å²) in [5.74, 6) is -2.22. The molecule has 0 fully saturated rings. The number of carbonyl (C=O) groups excluding carboxylic acids is 3. The van der Waals surface area contributed by atoms with E-state index in [-0.39, 0.29) is 22.4 Å². The third kappa shape index (κ3) is 5.06. The molecule has 0 heterocycles. The van der Waals surface area contributed by atoms with E-state index in [9.17, 15) is 27.6 Å². The number of hydrogen-bond donors (Lipinski definition) is 1. The molecule has 0 bridgehead atoms. The van der Waals surface area contributed by atoms with E-state index in [1.165, 1.54) is 12.1 Å². The molecule has 7 heteroatoms. The Hall–Kier alpha value is -3.74. The van der Waals surface area contributed by atoms with Crippen molar-refractivity contribution in [3.05, 3.63) is 101 Å². The number of aryl methyl sites for hydroxylation is 1. The lowest BCUT2D eigenvalue weighted by Crippen LogP contribution is -2.19. The third-order valence-corrected chi connectivity index (χ3v) is 4.72. The molecule has 0 radical (unpaired) electrons. The van der Waals surface area contributed by atoms with Crippen LogP contribution in [0.3, 0.4) is 0 Å². The van der Waals surface area contributed by atoms with Gasteiger partial charge in [-0.3, -0.25) is 14.4 Å². The van der Waals surface area contributed by atoms with Gasteiger partial charge in [0.25, 0.3) is 5.91 Å². The lowest BCUT2D eigenvalue weighted by atomic mass is 9.99. The highest BCUT2D eigenvalue weighted by molar-refractivity contribution is 6.50. The summed E-state index contributed by atoms with van der Waals surface area (Å²) in [4.78, 5) is 37.9.